The molecule has 1 aliphatic rings. The van der Waals surface area contributed by atoms with Crippen LogP contribution in [-0.2, 0) is 14.3 Å². The van der Waals surface area contributed by atoms with E-state index >= 15 is 0 Å². The first-order valence-corrected chi connectivity index (χ1v) is 5.95. The Labute approximate surface area is 100 Å². The maximum absolute atomic E-state index is 11.6. The van der Waals surface area contributed by atoms with Gasteiger partial charge in [-0.05, 0) is 0 Å². The van der Waals surface area contributed by atoms with Crippen LogP contribution in [-0.4, -0.2) is 55.4 Å². The molecule has 0 unspecified atom stereocenters. The summed E-state index contributed by atoms with van der Waals surface area (Å²) in [6.07, 6.45) is 0.640. The second-order valence-corrected chi connectivity index (χ2v) is 3.91. The molecule has 1 saturated heterocycles. The first kappa shape index (κ1) is 13.3. The summed E-state index contributed by atoms with van der Waals surface area (Å²) >= 11 is 5.41. The molecule has 0 aliphatic carbocycles. The number of nitrogens with one attached hydrogen (secondary N) is 1. The predicted molar refractivity (Wildman–Crippen MR) is 60.4 cm³/mol. The van der Waals surface area contributed by atoms with Gasteiger partial charge in [0.15, 0.2) is 0 Å². The fourth-order valence-electron chi connectivity index (χ4n) is 1.45. The van der Waals surface area contributed by atoms with Gasteiger partial charge < -0.3 is 15.0 Å². The van der Waals surface area contributed by atoms with Crippen LogP contribution in [0.25, 0.3) is 0 Å². The highest BCUT2D eigenvalue weighted by Crippen LogP contribution is 1.99. The number of rotatable bonds is 5. The average molecular weight is 249 g/mol. The third-order valence-electron chi connectivity index (χ3n) is 2.35. The molecule has 1 heterocycles. The average Bonchev–Trinajstić information content (AvgIpc) is 2.30. The van der Waals surface area contributed by atoms with E-state index in [2.05, 4.69) is 5.32 Å². The van der Waals surface area contributed by atoms with Gasteiger partial charge >= 0.3 is 0 Å². The molecule has 6 heteroatoms. The molecule has 2 amide bonds. The molecule has 5 nitrogen and oxygen atoms in total. The Kier molecular flexibility index (Phi) is 6.18. The van der Waals surface area contributed by atoms with Crippen molar-refractivity contribution in [2.24, 2.45) is 0 Å². The first-order valence-electron chi connectivity index (χ1n) is 5.42. The molecule has 0 aromatic heterocycles. The van der Waals surface area contributed by atoms with Crippen molar-refractivity contribution in [3.05, 3.63) is 0 Å². The van der Waals surface area contributed by atoms with Crippen molar-refractivity contribution in [3.63, 3.8) is 0 Å². The van der Waals surface area contributed by atoms with E-state index in [9.17, 15) is 9.59 Å². The van der Waals surface area contributed by atoms with Gasteiger partial charge in [-0.25, -0.2) is 0 Å². The quantitative estimate of drug-likeness (QED) is 0.696. The van der Waals surface area contributed by atoms with Crippen LogP contribution >= 0.6 is 11.6 Å². The van der Waals surface area contributed by atoms with Gasteiger partial charge in [0.05, 0.1) is 13.2 Å². The van der Waals surface area contributed by atoms with Gasteiger partial charge in [0, 0.05) is 38.4 Å². The minimum Gasteiger partial charge on any atom is -0.378 e. The number of carbonyl (C=O) groups is 2. The van der Waals surface area contributed by atoms with Crippen molar-refractivity contribution < 1.29 is 14.3 Å². The van der Waals surface area contributed by atoms with Crippen molar-refractivity contribution in [2.75, 3.05) is 38.7 Å². The molecular weight excluding hydrogens is 232 g/mol. The maximum atomic E-state index is 11.6. The molecule has 0 atom stereocenters. The minimum atomic E-state index is -0.107. The summed E-state index contributed by atoms with van der Waals surface area (Å²) in [5.41, 5.74) is 0. The first-order chi connectivity index (χ1) is 7.74. The number of amides is 2. The third kappa shape index (κ3) is 4.81. The molecule has 1 N–H and O–H groups in total. The normalized spacial score (nSPS) is 15.9. The number of nitrogens with zero attached hydrogens (tertiary/aromatic N) is 1. The Bertz CT molecular complexity index is 242. The SMILES string of the molecule is O=C(CCCl)NCCC(=O)N1CCOCC1. The lowest BCUT2D eigenvalue weighted by atomic mass is 10.3. The summed E-state index contributed by atoms with van der Waals surface area (Å²) < 4.78 is 5.15. The lowest BCUT2D eigenvalue weighted by Gasteiger charge is -2.26. The van der Waals surface area contributed by atoms with Crippen LogP contribution in [0.2, 0.25) is 0 Å². The van der Waals surface area contributed by atoms with Gasteiger partial charge in [0.1, 0.15) is 0 Å². The molecule has 0 radical (unpaired) electrons. The maximum Gasteiger partial charge on any atom is 0.224 e. The van der Waals surface area contributed by atoms with Crippen molar-refractivity contribution in [1.82, 2.24) is 10.2 Å². The molecule has 0 aromatic carbocycles. The van der Waals surface area contributed by atoms with Crippen LogP contribution in [0, 0.1) is 0 Å². The molecule has 0 bridgehead atoms. The molecule has 92 valence electrons. The topological polar surface area (TPSA) is 58.6 Å². The van der Waals surface area contributed by atoms with Gasteiger partial charge in [-0.15, -0.1) is 11.6 Å². The molecule has 1 aliphatic heterocycles. The molecule has 0 spiro atoms. The van der Waals surface area contributed by atoms with E-state index in [1.54, 1.807) is 4.90 Å². The van der Waals surface area contributed by atoms with Crippen LogP contribution in [0.1, 0.15) is 12.8 Å². The second-order valence-electron chi connectivity index (χ2n) is 3.53. The Morgan fingerprint density at radius 1 is 1.25 bits per heavy atom. The molecular formula is C10H17ClN2O3. The highest BCUT2D eigenvalue weighted by molar-refractivity contribution is 6.18. The van der Waals surface area contributed by atoms with E-state index in [-0.39, 0.29) is 11.8 Å². The van der Waals surface area contributed by atoms with Crippen LogP contribution < -0.4 is 5.32 Å². The zero-order chi connectivity index (χ0) is 11.8. The van der Waals surface area contributed by atoms with Gasteiger partial charge in [-0.3, -0.25) is 9.59 Å². The molecule has 0 aromatic rings. The highest BCUT2D eigenvalue weighted by atomic mass is 35.5. The molecule has 0 saturated carbocycles. The summed E-state index contributed by atoms with van der Waals surface area (Å²) in [5.74, 6) is 0.266. The van der Waals surface area contributed by atoms with E-state index in [0.29, 0.717) is 51.6 Å². The number of hydrogen-bond donors (Lipinski definition) is 1. The lowest BCUT2D eigenvalue weighted by molar-refractivity contribution is -0.135. The zero-order valence-electron chi connectivity index (χ0n) is 9.21. The number of morpholine rings is 1. The number of ether oxygens (including phenoxy) is 1. The van der Waals surface area contributed by atoms with E-state index in [0.717, 1.165) is 0 Å². The van der Waals surface area contributed by atoms with Crippen molar-refractivity contribution in [2.45, 2.75) is 12.8 Å². The summed E-state index contributed by atoms with van der Waals surface area (Å²) in [6.45, 7) is 2.88. The molecule has 1 fully saturated rings. The Balaban J connectivity index is 2.12. The predicted octanol–water partition coefficient (Wildman–Crippen LogP) is -0.0196. The smallest absolute Gasteiger partial charge is 0.224 e. The minimum absolute atomic E-state index is 0.0643. The summed E-state index contributed by atoms with van der Waals surface area (Å²) in [5, 5.41) is 2.65. The van der Waals surface area contributed by atoms with Crippen LogP contribution in [0.3, 0.4) is 0 Å². The van der Waals surface area contributed by atoms with Crippen LogP contribution in [0.15, 0.2) is 0 Å². The fraction of sp³-hybridized carbons (Fsp3) is 0.800. The Hall–Kier alpha value is -0.810. The number of hydrogen-bond acceptors (Lipinski definition) is 3. The van der Waals surface area contributed by atoms with E-state index in [1.165, 1.54) is 0 Å². The van der Waals surface area contributed by atoms with Crippen LogP contribution in [0.5, 0.6) is 0 Å². The Morgan fingerprint density at radius 3 is 2.56 bits per heavy atom. The zero-order valence-corrected chi connectivity index (χ0v) is 9.96. The summed E-state index contributed by atoms with van der Waals surface area (Å²) in [4.78, 5) is 24.5. The van der Waals surface area contributed by atoms with Gasteiger partial charge in [0.25, 0.3) is 0 Å². The van der Waals surface area contributed by atoms with Crippen LogP contribution in [0.4, 0.5) is 0 Å². The standard InChI is InChI=1S/C10H17ClN2O3/c11-3-1-9(14)12-4-2-10(15)13-5-7-16-8-6-13/h1-8H2,(H,12,14). The third-order valence-corrected chi connectivity index (χ3v) is 2.54. The summed E-state index contributed by atoms with van der Waals surface area (Å²) in [7, 11) is 0. The van der Waals surface area contributed by atoms with E-state index < -0.39 is 0 Å². The van der Waals surface area contributed by atoms with Gasteiger partial charge in [-0.1, -0.05) is 0 Å². The van der Waals surface area contributed by atoms with Crippen molar-refractivity contribution >= 4 is 23.4 Å². The largest absolute Gasteiger partial charge is 0.378 e. The number of alkyl halides is 1. The number of carbonyl (C=O) groups excluding carboxylic acids is 2. The van der Waals surface area contributed by atoms with E-state index in [4.69, 9.17) is 16.3 Å². The highest BCUT2D eigenvalue weighted by Gasteiger charge is 2.16. The molecule has 16 heavy (non-hydrogen) atoms. The van der Waals surface area contributed by atoms with Crippen molar-refractivity contribution in [3.8, 4) is 0 Å². The van der Waals surface area contributed by atoms with Gasteiger partial charge in [-0.2, -0.15) is 0 Å². The monoisotopic (exact) mass is 248 g/mol. The fourth-order valence-corrected chi connectivity index (χ4v) is 1.63. The number of halogens is 1. The lowest BCUT2D eigenvalue weighted by Crippen LogP contribution is -2.42. The Morgan fingerprint density at radius 2 is 1.94 bits per heavy atom. The van der Waals surface area contributed by atoms with Crippen molar-refractivity contribution in [1.29, 1.82) is 0 Å². The van der Waals surface area contributed by atoms with E-state index in [1.807, 2.05) is 0 Å². The van der Waals surface area contributed by atoms with Gasteiger partial charge in [0.2, 0.25) is 11.8 Å². The molecule has 1 rings (SSSR count). The summed E-state index contributed by atoms with van der Waals surface area (Å²) in [6, 6.07) is 0. The second kappa shape index (κ2) is 7.46.